The molecule has 118 valence electrons. The fourth-order valence-corrected chi connectivity index (χ4v) is 2.02. The van der Waals surface area contributed by atoms with Crippen LogP contribution in [0.3, 0.4) is 0 Å². The van der Waals surface area contributed by atoms with E-state index in [0.717, 1.165) is 0 Å². The average molecular weight is 333 g/mol. The van der Waals surface area contributed by atoms with Gasteiger partial charge in [-0.15, -0.1) is 0 Å². The summed E-state index contributed by atoms with van der Waals surface area (Å²) in [5.74, 6) is -0.485. The predicted molar refractivity (Wildman–Crippen MR) is 86.7 cm³/mol. The minimum absolute atomic E-state index is 0.0262. The third-order valence-corrected chi connectivity index (χ3v) is 3.36. The number of Topliss-reactive ketones (excluding diaryl/α,β-unsaturated/α-hetero) is 1. The van der Waals surface area contributed by atoms with Gasteiger partial charge in [0.1, 0.15) is 0 Å². The number of carbonyl (C=O) groups is 2. The molecular formula is C16H13ClN2O4. The Morgan fingerprint density at radius 3 is 2.17 bits per heavy atom. The van der Waals surface area contributed by atoms with Gasteiger partial charge in [0, 0.05) is 41.2 Å². The Bertz CT molecular complexity index is 727. The van der Waals surface area contributed by atoms with Crippen molar-refractivity contribution < 1.29 is 14.5 Å². The van der Waals surface area contributed by atoms with E-state index < -0.39 is 4.92 Å². The number of nitro groups is 1. The molecule has 0 heterocycles. The Hall–Kier alpha value is -2.73. The lowest BCUT2D eigenvalue weighted by Gasteiger charge is -2.05. The van der Waals surface area contributed by atoms with Gasteiger partial charge in [-0.1, -0.05) is 11.6 Å². The molecule has 0 radical (unpaired) electrons. The molecule has 0 fully saturated rings. The Morgan fingerprint density at radius 1 is 1.00 bits per heavy atom. The van der Waals surface area contributed by atoms with E-state index in [-0.39, 0.29) is 30.2 Å². The van der Waals surface area contributed by atoms with Crippen molar-refractivity contribution in [3.05, 3.63) is 69.2 Å². The van der Waals surface area contributed by atoms with E-state index in [4.69, 9.17) is 11.6 Å². The van der Waals surface area contributed by atoms with Gasteiger partial charge in [-0.2, -0.15) is 0 Å². The van der Waals surface area contributed by atoms with Gasteiger partial charge in [-0.3, -0.25) is 19.7 Å². The summed E-state index contributed by atoms with van der Waals surface area (Å²) in [6, 6.07) is 11.9. The highest BCUT2D eigenvalue weighted by Gasteiger charge is 2.10. The van der Waals surface area contributed by atoms with Crippen molar-refractivity contribution in [1.29, 1.82) is 0 Å². The van der Waals surface area contributed by atoms with Crippen molar-refractivity contribution in [3.63, 3.8) is 0 Å². The van der Waals surface area contributed by atoms with Gasteiger partial charge in [-0.05, 0) is 36.4 Å². The molecular weight excluding hydrogens is 320 g/mol. The molecule has 0 unspecified atom stereocenters. The van der Waals surface area contributed by atoms with Crippen molar-refractivity contribution in [2.45, 2.75) is 12.8 Å². The number of benzene rings is 2. The monoisotopic (exact) mass is 332 g/mol. The van der Waals surface area contributed by atoms with Crippen LogP contribution in [0.1, 0.15) is 23.2 Å². The molecule has 0 spiro atoms. The van der Waals surface area contributed by atoms with Gasteiger partial charge in [0.2, 0.25) is 5.91 Å². The highest BCUT2D eigenvalue weighted by atomic mass is 35.5. The van der Waals surface area contributed by atoms with E-state index in [1.807, 2.05) is 0 Å². The number of non-ortho nitro benzene ring substituents is 1. The van der Waals surface area contributed by atoms with Crippen LogP contribution < -0.4 is 5.32 Å². The fourth-order valence-electron chi connectivity index (χ4n) is 1.90. The number of hydrogen-bond acceptors (Lipinski definition) is 4. The number of nitrogens with zero attached hydrogens (tertiary/aromatic N) is 1. The second-order valence-corrected chi connectivity index (χ2v) is 5.22. The Labute approximate surface area is 137 Å². The lowest BCUT2D eigenvalue weighted by atomic mass is 10.1. The van der Waals surface area contributed by atoms with Gasteiger partial charge in [0.05, 0.1) is 4.92 Å². The van der Waals surface area contributed by atoms with Crippen LogP contribution in [0.25, 0.3) is 0 Å². The Kier molecular flexibility index (Phi) is 5.43. The molecule has 0 aliphatic heterocycles. The summed E-state index contributed by atoms with van der Waals surface area (Å²) in [5.41, 5.74) is 0.887. The van der Waals surface area contributed by atoms with Crippen LogP contribution in [0.5, 0.6) is 0 Å². The molecule has 0 aliphatic rings. The smallest absolute Gasteiger partial charge is 0.269 e. The van der Waals surface area contributed by atoms with Gasteiger partial charge in [0.15, 0.2) is 5.78 Å². The van der Waals surface area contributed by atoms with Gasteiger partial charge in [-0.25, -0.2) is 0 Å². The molecule has 0 aliphatic carbocycles. The predicted octanol–water partition coefficient (Wildman–Crippen LogP) is 3.85. The lowest BCUT2D eigenvalue weighted by molar-refractivity contribution is -0.384. The maximum Gasteiger partial charge on any atom is 0.269 e. The summed E-state index contributed by atoms with van der Waals surface area (Å²) in [6.07, 6.45) is 0.0961. The van der Waals surface area contributed by atoms with E-state index >= 15 is 0 Å². The molecule has 1 amide bonds. The maximum atomic E-state index is 11.9. The van der Waals surface area contributed by atoms with E-state index in [1.165, 1.54) is 24.3 Å². The Morgan fingerprint density at radius 2 is 1.61 bits per heavy atom. The quantitative estimate of drug-likeness (QED) is 0.494. The van der Waals surface area contributed by atoms with Crippen molar-refractivity contribution in [2.24, 2.45) is 0 Å². The first-order chi connectivity index (χ1) is 11.0. The van der Waals surface area contributed by atoms with Crippen LogP contribution in [0.4, 0.5) is 11.4 Å². The highest BCUT2D eigenvalue weighted by Crippen LogP contribution is 2.16. The van der Waals surface area contributed by atoms with Gasteiger partial charge in [0.25, 0.3) is 5.69 Å². The number of carbonyl (C=O) groups excluding carboxylic acids is 2. The van der Waals surface area contributed by atoms with Crippen LogP contribution in [0, 0.1) is 10.1 Å². The molecule has 23 heavy (non-hydrogen) atoms. The summed E-state index contributed by atoms with van der Waals surface area (Å²) in [7, 11) is 0. The van der Waals surface area contributed by atoms with Crippen LogP contribution in [0.15, 0.2) is 48.5 Å². The molecule has 6 nitrogen and oxygen atoms in total. The second-order valence-electron chi connectivity index (χ2n) is 4.78. The normalized spacial score (nSPS) is 10.1. The highest BCUT2D eigenvalue weighted by molar-refractivity contribution is 6.30. The van der Waals surface area contributed by atoms with Crippen LogP contribution in [0.2, 0.25) is 5.02 Å². The van der Waals surface area contributed by atoms with E-state index in [9.17, 15) is 19.7 Å². The van der Waals surface area contributed by atoms with Crippen LogP contribution in [-0.4, -0.2) is 16.6 Å². The van der Waals surface area contributed by atoms with E-state index in [1.54, 1.807) is 24.3 Å². The zero-order valence-electron chi connectivity index (χ0n) is 12.0. The summed E-state index contributed by atoms with van der Waals surface area (Å²) < 4.78 is 0. The van der Waals surface area contributed by atoms with Crippen molar-refractivity contribution >= 4 is 34.7 Å². The number of rotatable bonds is 6. The summed E-state index contributed by atoms with van der Waals surface area (Å²) >= 11 is 5.75. The largest absolute Gasteiger partial charge is 0.326 e. The molecule has 0 saturated carbocycles. The van der Waals surface area contributed by atoms with Crippen molar-refractivity contribution in [1.82, 2.24) is 0 Å². The van der Waals surface area contributed by atoms with Crippen molar-refractivity contribution in [3.8, 4) is 0 Å². The SMILES string of the molecule is O=C(CCC(=O)c1ccc(Cl)cc1)Nc1ccc([N+](=O)[O-])cc1. The number of hydrogen-bond donors (Lipinski definition) is 1. The summed E-state index contributed by atoms with van der Waals surface area (Å²) in [6.45, 7) is 0. The first-order valence-corrected chi connectivity index (χ1v) is 7.16. The molecule has 2 rings (SSSR count). The Balaban J connectivity index is 1.86. The average Bonchev–Trinajstić information content (AvgIpc) is 2.54. The van der Waals surface area contributed by atoms with E-state index in [2.05, 4.69) is 5.32 Å². The molecule has 7 heteroatoms. The molecule has 2 aromatic carbocycles. The molecule has 1 N–H and O–H groups in total. The fraction of sp³-hybridized carbons (Fsp3) is 0.125. The minimum Gasteiger partial charge on any atom is -0.326 e. The third-order valence-electron chi connectivity index (χ3n) is 3.11. The molecule has 0 saturated heterocycles. The molecule has 0 aromatic heterocycles. The standard InChI is InChI=1S/C16H13ClN2O4/c17-12-3-1-11(2-4-12)15(20)9-10-16(21)18-13-5-7-14(8-6-13)19(22)23/h1-8H,9-10H2,(H,18,21). The van der Waals surface area contributed by atoms with Gasteiger partial charge >= 0.3 is 0 Å². The maximum absolute atomic E-state index is 11.9. The first-order valence-electron chi connectivity index (χ1n) is 6.79. The van der Waals surface area contributed by atoms with Crippen LogP contribution in [-0.2, 0) is 4.79 Å². The number of halogens is 1. The third kappa shape index (κ3) is 4.89. The minimum atomic E-state index is -0.517. The van der Waals surface area contributed by atoms with E-state index in [0.29, 0.717) is 16.3 Å². The van der Waals surface area contributed by atoms with Crippen LogP contribution >= 0.6 is 11.6 Å². The zero-order valence-corrected chi connectivity index (χ0v) is 12.7. The first kappa shape index (κ1) is 16.6. The summed E-state index contributed by atoms with van der Waals surface area (Å²) in [4.78, 5) is 33.8. The topological polar surface area (TPSA) is 89.3 Å². The van der Waals surface area contributed by atoms with Gasteiger partial charge < -0.3 is 5.32 Å². The second kappa shape index (κ2) is 7.51. The number of anilines is 1. The number of nitrogens with one attached hydrogen (secondary N) is 1. The number of nitro benzene ring substituents is 1. The molecule has 0 atom stereocenters. The number of amides is 1. The van der Waals surface area contributed by atoms with Crippen molar-refractivity contribution in [2.75, 3.05) is 5.32 Å². The zero-order chi connectivity index (χ0) is 16.8. The molecule has 2 aromatic rings. The number of ketones is 1. The molecule has 0 bridgehead atoms. The summed E-state index contributed by atoms with van der Waals surface area (Å²) in [5, 5.41) is 13.7. The lowest BCUT2D eigenvalue weighted by Crippen LogP contribution is -2.13.